The van der Waals surface area contributed by atoms with Gasteiger partial charge >= 0.3 is 6.18 Å². The van der Waals surface area contributed by atoms with E-state index in [-0.39, 0.29) is 5.60 Å². The van der Waals surface area contributed by atoms with Gasteiger partial charge in [-0.25, -0.2) is 4.98 Å². The third kappa shape index (κ3) is 3.07. The average molecular weight is 314 g/mol. The maximum atomic E-state index is 12.9. The van der Waals surface area contributed by atoms with Gasteiger partial charge in [0.05, 0.1) is 16.8 Å². The first-order chi connectivity index (χ1) is 10.2. The van der Waals surface area contributed by atoms with Gasteiger partial charge in [-0.1, -0.05) is 12.8 Å². The third-order valence-corrected chi connectivity index (χ3v) is 4.46. The number of aromatic nitrogens is 1. The molecule has 3 rings (SSSR count). The van der Waals surface area contributed by atoms with Crippen molar-refractivity contribution in [1.29, 1.82) is 0 Å². The summed E-state index contributed by atoms with van der Waals surface area (Å²) in [6.45, 7) is 5.15. The van der Waals surface area contributed by atoms with Crippen molar-refractivity contribution < 1.29 is 17.9 Å². The Balaban J connectivity index is 1.90. The van der Waals surface area contributed by atoms with E-state index in [1.54, 1.807) is 0 Å². The van der Waals surface area contributed by atoms with E-state index in [1.807, 2.05) is 18.7 Å². The predicted molar refractivity (Wildman–Crippen MR) is 77.8 cm³/mol. The summed E-state index contributed by atoms with van der Waals surface area (Å²) in [4.78, 5) is 6.12. The number of hydrogen-bond acceptors (Lipinski definition) is 3. The summed E-state index contributed by atoms with van der Waals surface area (Å²) in [5.41, 5.74) is -1.28. The molecule has 1 aliphatic carbocycles. The van der Waals surface area contributed by atoms with Gasteiger partial charge in [0.15, 0.2) is 0 Å². The van der Waals surface area contributed by atoms with Gasteiger partial charge in [-0.15, -0.1) is 0 Å². The number of nitrogens with zero attached hydrogens (tertiary/aromatic N) is 2. The molecule has 3 nitrogen and oxygen atoms in total. The average Bonchev–Trinajstić information content (AvgIpc) is 2.83. The van der Waals surface area contributed by atoms with Crippen molar-refractivity contribution in [1.82, 2.24) is 4.98 Å². The van der Waals surface area contributed by atoms with Crippen LogP contribution in [0.2, 0.25) is 0 Å². The number of pyridine rings is 1. The molecule has 0 atom stereocenters. The molecule has 1 aromatic heterocycles. The van der Waals surface area contributed by atoms with Gasteiger partial charge in [0.25, 0.3) is 0 Å². The molecule has 0 amide bonds. The van der Waals surface area contributed by atoms with Crippen LogP contribution in [0.1, 0.15) is 45.1 Å². The maximum absolute atomic E-state index is 12.9. The Kier molecular flexibility index (Phi) is 3.62. The summed E-state index contributed by atoms with van der Waals surface area (Å²) in [5.74, 6) is 0.387. The molecule has 22 heavy (non-hydrogen) atoms. The number of hydrogen-bond donors (Lipinski definition) is 0. The lowest BCUT2D eigenvalue weighted by molar-refractivity contribution is -0.148. The normalized spacial score (nSPS) is 24.0. The number of morpholine rings is 1. The quantitative estimate of drug-likeness (QED) is 0.782. The van der Waals surface area contributed by atoms with Gasteiger partial charge in [-0.2, -0.15) is 13.2 Å². The molecule has 0 unspecified atom stereocenters. The van der Waals surface area contributed by atoms with Gasteiger partial charge in [0.1, 0.15) is 5.82 Å². The SMILES string of the molecule is CC1(C)CN(c2cc(C(F)(F)F)ccn2)CC2(CCCC2)O1. The van der Waals surface area contributed by atoms with Crippen molar-refractivity contribution in [2.24, 2.45) is 0 Å². The lowest BCUT2D eigenvalue weighted by atomic mass is 9.94. The van der Waals surface area contributed by atoms with Crippen molar-refractivity contribution >= 4 is 5.82 Å². The first kappa shape index (κ1) is 15.6. The van der Waals surface area contributed by atoms with Crippen molar-refractivity contribution in [2.45, 2.75) is 56.9 Å². The molecule has 0 N–H and O–H groups in total. The van der Waals surface area contributed by atoms with Crippen LogP contribution in [-0.4, -0.2) is 29.3 Å². The highest BCUT2D eigenvalue weighted by Gasteiger charge is 2.46. The second-order valence-corrected chi connectivity index (χ2v) is 7.01. The van der Waals surface area contributed by atoms with E-state index in [0.717, 1.165) is 37.8 Å². The largest absolute Gasteiger partial charge is 0.416 e. The zero-order valence-electron chi connectivity index (χ0n) is 12.9. The first-order valence-corrected chi connectivity index (χ1v) is 7.68. The summed E-state index contributed by atoms with van der Waals surface area (Å²) >= 11 is 0. The van der Waals surface area contributed by atoms with Crippen molar-refractivity contribution in [3.05, 3.63) is 23.9 Å². The summed E-state index contributed by atoms with van der Waals surface area (Å²) in [6, 6.07) is 2.16. The smallest absolute Gasteiger partial charge is 0.365 e. The van der Waals surface area contributed by atoms with Crippen molar-refractivity contribution in [3.63, 3.8) is 0 Å². The Labute approximate surface area is 128 Å². The number of halogens is 3. The Morgan fingerprint density at radius 3 is 2.50 bits per heavy atom. The highest BCUT2D eigenvalue weighted by atomic mass is 19.4. The molecule has 2 aliphatic rings. The molecule has 6 heteroatoms. The number of rotatable bonds is 1. The third-order valence-electron chi connectivity index (χ3n) is 4.46. The second kappa shape index (κ2) is 5.11. The summed E-state index contributed by atoms with van der Waals surface area (Å²) in [7, 11) is 0. The Morgan fingerprint density at radius 1 is 1.18 bits per heavy atom. The minimum absolute atomic E-state index is 0.238. The minimum atomic E-state index is -4.34. The molecule has 1 spiro atoms. The summed E-state index contributed by atoms with van der Waals surface area (Å²) < 4.78 is 45.0. The second-order valence-electron chi connectivity index (χ2n) is 7.01. The van der Waals surface area contributed by atoms with E-state index in [0.29, 0.717) is 18.9 Å². The van der Waals surface area contributed by atoms with Crippen molar-refractivity contribution in [3.8, 4) is 0 Å². The molecule has 2 heterocycles. The molecule has 1 saturated heterocycles. The topological polar surface area (TPSA) is 25.4 Å². The Hall–Kier alpha value is -1.30. The number of anilines is 1. The highest BCUT2D eigenvalue weighted by Crippen LogP contribution is 2.42. The number of alkyl halides is 3. The molecule has 0 radical (unpaired) electrons. The fourth-order valence-corrected chi connectivity index (χ4v) is 3.72. The van der Waals surface area contributed by atoms with Crippen molar-refractivity contribution in [2.75, 3.05) is 18.0 Å². The molecule has 1 saturated carbocycles. The molecule has 122 valence electrons. The summed E-state index contributed by atoms with van der Waals surface area (Å²) in [6.07, 6.45) is 1.05. The van der Waals surface area contributed by atoms with E-state index in [2.05, 4.69) is 4.98 Å². The predicted octanol–water partition coefficient (Wildman–Crippen LogP) is 4.03. The molecule has 2 fully saturated rings. The Morgan fingerprint density at radius 2 is 1.86 bits per heavy atom. The van der Waals surface area contributed by atoms with Crippen LogP contribution >= 0.6 is 0 Å². The zero-order valence-corrected chi connectivity index (χ0v) is 12.9. The van der Waals surface area contributed by atoms with E-state index in [4.69, 9.17) is 4.74 Å². The number of ether oxygens (including phenoxy) is 1. The Bertz CT molecular complexity index is 551. The lowest BCUT2D eigenvalue weighted by Gasteiger charge is -2.49. The van der Waals surface area contributed by atoms with E-state index in [9.17, 15) is 13.2 Å². The van der Waals surface area contributed by atoms with Gasteiger partial charge in [0.2, 0.25) is 0 Å². The molecule has 0 aromatic carbocycles. The monoisotopic (exact) mass is 314 g/mol. The lowest BCUT2D eigenvalue weighted by Crippen LogP contribution is -2.59. The van der Waals surface area contributed by atoms with Gasteiger partial charge in [-0.05, 0) is 38.8 Å². The molecular weight excluding hydrogens is 293 g/mol. The van der Waals surface area contributed by atoms with Crippen LogP contribution in [0.3, 0.4) is 0 Å². The molecule has 1 aliphatic heterocycles. The molecular formula is C16H21F3N2O. The summed E-state index contributed by atoms with van der Waals surface area (Å²) in [5, 5.41) is 0. The highest BCUT2D eigenvalue weighted by molar-refractivity contribution is 5.43. The van der Waals surface area contributed by atoms with Gasteiger partial charge in [-0.3, -0.25) is 0 Å². The fourth-order valence-electron chi connectivity index (χ4n) is 3.72. The van der Waals surface area contributed by atoms with Crippen LogP contribution in [0.5, 0.6) is 0 Å². The van der Waals surface area contributed by atoms with E-state index < -0.39 is 17.3 Å². The van der Waals surface area contributed by atoms with Crippen LogP contribution in [-0.2, 0) is 10.9 Å². The van der Waals surface area contributed by atoms with Crippen LogP contribution in [0.4, 0.5) is 19.0 Å². The standard InChI is InChI=1S/C16H21F3N2O/c1-14(2)10-21(11-15(22-14)6-3-4-7-15)13-9-12(5-8-20-13)16(17,18)19/h5,8-9H,3-4,6-7,10-11H2,1-2H3. The van der Waals surface area contributed by atoms with Crippen LogP contribution in [0, 0.1) is 0 Å². The van der Waals surface area contributed by atoms with Gasteiger partial charge in [0, 0.05) is 19.3 Å². The van der Waals surface area contributed by atoms with E-state index >= 15 is 0 Å². The molecule has 1 aromatic rings. The maximum Gasteiger partial charge on any atom is 0.416 e. The zero-order chi connectivity index (χ0) is 16.0. The van der Waals surface area contributed by atoms with Crippen LogP contribution < -0.4 is 4.90 Å². The van der Waals surface area contributed by atoms with E-state index in [1.165, 1.54) is 6.20 Å². The minimum Gasteiger partial charge on any atom is -0.365 e. The van der Waals surface area contributed by atoms with Gasteiger partial charge < -0.3 is 9.64 Å². The molecule has 0 bridgehead atoms. The van der Waals surface area contributed by atoms with Crippen LogP contribution in [0.15, 0.2) is 18.3 Å². The fraction of sp³-hybridized carbons (Fsp3) is 0.688. The first-order valence-electron chi connectivity index (χ1n) is 7.68. The van der Waals surface area contributed by atoms with Crippen LogP contribution in [0.25, 0.3) is 0 Å².